The average molecular weight is 1030 g/mol. The van der Waals surface area contributed by atoms with Crippen molar-refractivity contribution in [3.63, 3.8) is 0 Å². The first-order chi connectivity index (χ1) is 36.8. The number of carbonyl (C=O) groups is 3. The van der Waals surface area contributed by atoms with E-state index in [1.807, 2.05) is 6.08 Å². The van der Waals surface area contributed by atoms with Crippen LogP contribution in [0.4, 0.5) is 0 Å². The number of nitrogens with one attached hydrogen (secondary N) is 3. The van der Waals surface area contributed by atoms with Crippen LogP contribution >= 0.6 is 0 Å². The maximum absolute atomic E-state index is 13.9. The minimum atomic E-state index is -1.26. The summed E-state index contributed by atoms with van der Waals surface area (Å²) in [6.07, 6.45) is 71.9. The van der Waals surface area contributed by atoms with Gasteiger partial charge in [0, 0.05) is 19.4 Å². The van der Waals surface area contributed by atoms with E-state index >= 15 is 0 Å². The van der Waals surface area contributed by atoms with Crippen molar-refractivity contribution in [2.75, 3.05) is 19.8 Å². The third-order valence-electron chi connectivity index (χ3n) is 12.7. The molecule has 1 atom stereocenters. The van der Waals surface area contributed by atoms with Crippen molar-refractivity contribution in [3.8, 4) is 0 Å². The van der Waals surface area contributed by atoms with Crippen molar-refractivity contribution in [2.45, 2.75) is 212 Å². The van der Waals surface area contributed by atoms with Gasteiger partial charge in [-0.2, -0.15) is 0 Å². The number of hydrogen-bond acceptors (Lipinski definition) is 5. The second kappa shape index (κ2) is 50.8. The van der Waals surface area contributed by atoms with Gasteiger partial charge in [-0.05, 0) is 146 Å². The lowest BCUT2D eigenvalue weighted by atomic mass is 9.91. The van der Waals surface area contributed by atoms with Crippen LogP contribution in [-0.4, -0.2) is 59.3 Å². The third kappa shape index (κ3) is 41.6. The molecule has 0 aromatic heterocycles. The lowest BCUT2D eigenvalue weighted by molar-refractivity contribution is -0.131. The summed E-state index contributed by atoms with van der Waals surface area (Å²) in [5.74, 6) is -0.670. The average Bonchev–Trinajstić information content (AvgIpc) is 3.42. The molecule has 0 spiro atoms. The Kier molecular flexibility index (Phi) is 45.9. The second-order valence-electron chi connectivity index (χ2n) is 19.4. The van der Waals surface area contributed by atoms with E-state index in [1.54, 1.807) is 0 Å². The standard InChI is InChI=1S/C67H103N3O5/c1-4-7-10-13-16-18-20-22-24-26-27-29-30-32-34-36-38-41-44-50-64(73)68-58-47-46-49-63(69-65(74)51-45-42-39-37-35-33-31-28-25-23-21-19-17-14-11-8-5-2)66(75)70-67(59-71,60-72)57-56-62-54-52-61(53-55-62)48-43-40-15-12-9-6-3/h7-8,10-11,16-19,22-25,27,29,31-34,37-39,41,52-55,63,71-72H,4-6,9,12-15,20-21,26,28,30,35-36,40,42-51,56-60H2,1-3H3,(H,68,73)(H,69,74)(H,70,75). The van der Waals surface area contributed by atoms with E-state index in [4.69, 9.17) is 0 Å². The molecule has 0 aliphatic carbocycles. The molecule has 0 fully saturated rings. The SMILES string of the molecule is CCC=CCC=CCC=CCC=CCC=CCC=CCCC(=O)NCCCCC(NC(=O)CCCC=CCC=CCC=CCC=CCC=CCC)C(=O)NC(CO)(CO)CCc1ccc(CCCCCCCC)cc1. The summed E-state index contributed by atoms with van der Waals surface area (Å²) in [5, 5.41) is 30.0. The van der Waals surface area contributed by atoms with E-state index < -0.39 is 30.7 Å². The second-order valence-corrected chi connectivity index (χ2v) is 19.4. The fraction of sp³-hybridized carbons (Fsp3) is 0.537. The van der Waals surface area contributed by atoms with Crippen molar-refractivity contribution in [1.82, 2.24) is 16.0 Å². The summed E-state index contributed by atoms with van der Waals surface area (Å²) in [7, 11) is 0. The number of aryl methyl sites for hydroxylation is 2. The normalized spacial score (nSPS) is 13.2. The minimum absolute atomic E-state index is 0.0206. The Bertz CT molecular complexity index is 1910. The van der Waals surface area contributed by atoms with Crippen molar-refractivity contribution in [3.05, 3.63) is 169 Å². The molecular formula is C67H103N3O5. The molecule has 0 bridgehead atoms. The molecule has 0 aliphatic heterocycles. The van der Waals surface area contributed by atoms with Crippen molar-refractivity contribution in [2.24, 2.45) is 0 Å². The number of aliphatic hydroxyl groups excluding tert-OH is 2. The first kappa shape index (κ1) is 67.7. The van der Waals surface area contributed by atoms with Gasteiger partial charge in [0.15, 0.2) is 0 Å². The van der Waals surface area contributed by atoms with E-state index in [0.717, 1.165) is 89.0 Å². The topological polar surface area (TPSA) is 128 Å². The Labute approximate surface area is 457 Å². The molecule has 1 aromatic rings. The molecule has 3 amide bonds. The van der Waals surface area contributed by atoms with Gasteiger partial charge in [-0.1, -0.05) is 211 Å². The maximum atomic E-state index is 13.9. The van der Waals surface area contributed by atoms with Gasteiger partial charge in [0.1, 0.15) is 6.04 Å². The molecule has 8 nitrogen and oxygen atoms in total. The molecule has 5 N–H and O–H groups in total. The summed E-state index contributed by atoms with van der Waals surface area (Å²) in [4.78, 5) is 39.8. The van der Waals surface area contributed by atoms with Crippen molar-refractivity contribution < 1.29 is 24.6 Å². The fourth-order valence-electron chi connectivity index (χ4n) is 7.99. The van der Waals surface area contributed by atoms with E-state index in [0.29, 0.717) is 57.9 Å². The molecule has 0 saturated carbocycles. The first-order valence-electron chi connectivity index (χ1n) is 29.1. The molecule has 0 heterocycles. The number of hydrogen-bond donors (Lipinski definition) is 5. The predicted octanol–water partition coefficient (Wildman–Crippen LogP) is 15.5. The fourth-order valence-corrected chi connectivity index (χ4v) is 7.99. The molecule has 1 aromatic carbocycles. The van der Waals surface area contributed by atoms with Gasteiger partial charge in [-0.25, -0.2) is 0 Å². The predicted molar refractivity (Wildman–Crippen MR) is 321 cm³/mol. The van der Waals surface area contributed by atoms with Crippen LogP contribution < -0.4 is 16.0 Å². The van der Waals surface area contributed by atoms with Gasteiger partial charge >= 0.3 is 0 Å². The molecule has 75 heavy (non-hydrogen) atoms. The van der Waals surface area contributed by atoms with Crippen LogP contribution in [-0.2, 0) is 27.2 Å². The summed E-state index contributed by atoms with van der Waals surface area (Å²) in [6, 6.07) is 7.65. The van der Waals surface area contributed by atoms with Gasteiger partial charge in [0.2, 0.25) is 17.7 Å². The Balaban J connectivity index is 2.65. The van der Waals surface area contributed by atoms with Gasteiger partial charge < -0.3 is 26.2 Å². The largest absolute Gasteiger partial charge is 0.394 e. The van der Waals surface area contributed by atoms with E-state index in [9.17, 15) is 24.6 Å². The number of amides is 3. The Morgan fingerprint density at radius 3 is 1.36 bits per heavy atom. The van der Waals surface area contributed by atoms with Gasteiger partial charge in [-0.15, -0.1) is 0 Å². The number of rotatable bonds is 47. The molecule has 0 saturated heterocycles. The zero-order valence-electron chi connectivity index (χ0n) is 47.1. The van der Waals surface area contributed by atoms with E-state index in [1.165, 1.54) is 44.1 Å². The molecule has 416 valence electrons. The summed E-state index contributed by atoms with van der Waals surface area (Å²) in [6.45, 7) is 6.11. The lowest BCUT2D eigenvalue weighted by Gasteiger charge is -2.33. The van der Waals surface area contributed by atoms with Crippen LogP contribution in [0.25, 0.3) is 0 Å². The highest BCUT2D eigenvalue weighted by Gasteiger charge is 2.33. The van der Waals surface area contributed by atoms with E-state index in [2.05, 4.69) is 189 Å². The maximum Gasteiger partial charge on any atom is 0.243 e. The summed E-state index contributed by atoms with van der Waals surface area (Å²) >= 11 is 0. The van der Waals surface area contributed by atoms with Crippen LogP contribution in [0, 0.1) is 0 Å². The highest BCUT2D eigenvalue weighted by molar-refractivity contribution is 5.88. The van der Waals surface area contributed by atoms with Crippen molar-refractivity contribution in [1.29, 1.82) is 0 Å². The van der Waals surface area contributed by atoms with Gasteiger partial charge in [0.05, 0.1) is 18.8 Å². The first-order valence-corrected chi connectivity index (χ1v) is 29.1. The summed E-state index contributed by atoms with van der Waals surface area (Å²) in [5.41, 5.74) is 1.11. The van der Waals surface area contributed by atoms with Gasteiger partial charge in [0.25, 0.3) is 0 Å². The zero-order valence-corrected chi connectivity index (χ0v) is 47.1. The van der Waals surface area contributed by atoms with Crippen LogP contribution in [0.5, 0.6) is 0 Å². The Morgan fingerprint density at radius 2 is 0.893 bits per heavy atom. The smallest absolute Gasteiger partial charge is 0.243 e. The number of unbranched alkanes of at least 4 members (excludes halogenated alkanes) is 7. The zero-order chi connectivity index (χ0) is 54.4. The molecule has 0 radical (unpaired) electrons. The Hall–Kier alpha value is -5.31. The number of carbonyl (C=O) groups excluding carboxylic acids is 3. The molecule has 0 aliphatic rings. The monoisotopic (exact) mass is 1030 g/mol. The highest BCUT2D eigenvalue weighted by atomic mass is 16.3. The third-order valence-corrected chi connectivity index (χ3v) is 12.7. The highest BCUT2D eigenvalue weighted by Crippen LogP contribution is 2.18. The Morgan fingerprint density at radius 1 is 0.467 bits per heavy atom. The van der Waals surface area contributed by atoms with Crippen LogP contribution in [0.1, 0.15) is 199 Å². The number of allylic oxidation sites excluding steroid dienone is 22. The van der Waals surface area contributed by atoms with Crippen LogP contribution in [0.2, 0.25) is 0 Å². The van der Waals surface area contributed by atoms with Crippen LogP contribution in [0.3, 0.4) is 0 Å². The number of benzene rings is 1. The quantitative estimate of drug-likeness (QED) is 0.0328. The number of aliphatic hydroxyl groups is 2. The minimum Gasteiger partial charge on any atom is -0.394 e. The molecular weight excluding hydrogens is 927 g/mol. The van der Waals surface area contributed by atoms with Gasteiger partial charge in [-0.3, -0.25) is 14.4 Å². The molecule has 1 unspecified atom stereocenters. The van der Waals surface area contributed by atoms with Crippen LogP contribution in [0.15, 0.2) is 158 Å². The molecule has 1 rings (SSSR count). The molecule has 8 heteroatoms. The van der Waals surface area contributed by atoms with E-state index in [-0.39, 0.29) is 18.2 Å². The van der Waals surface area contributed by atoms with Crippen molar-refractivity contribution >= 4 is 17.7 Å². The lowest BCUT2D eigenvalue weighted by Crippen LogP contribution is -2.59. The summed E-state index contributed by atoms with van der Waals surface area (Å²) < 4.78 is 0.